The number of hydrogen-bond donors (Lipinski definition) is 0. The second-order valence-electron chi connectivity index (χ2n) is 5.97. The Bertz CT molecular complexity index is 981. The summed E-state index contributed by atoms with van der Waals surface area (Å²) < 4.78 is 6.28. The minimum Gasteiger partial charge on any atom is -0.447 e. The third-order valence-corrected chi connectivity index (χ3v) is 4.89. The molecule has 0 N–H and O–H groups in total. The SMILES string of the molecule is CCC(=O)N1c2ccccc2-c2nnc(SC)nc2O[C@@H]1c1ccccc1. The number of nitrogens with zero attached hydrogens (tertiary/aromatic N) is 4. The summed E-state index contributed by atoms with van der Waals surface area (Å²) in [5.41, 5.74) is 2.92. The van der Waals surface area contributed by atoms with Crippen LogP contribution in [-0.2, 0) is 4.79 Å². The second-order valence-corrected chi connectivity index (χ2v) is 6.74. The van der Waals surface area contributed by atoms with E-state index in [1.807, 2.05) is 67.8 Å². The van der Waals surface area contributed by atoms with Crippen molar-refractivity contribution in [2.75, 3.05) is 11.2 Å². The first-order valence-electron chi connectivity index (χ1n) is 8.64. The molecule has 27 heavy (non-hydrogen) atoms. The highest BCUT2D eigenvalue weighted by molar-refractivity contribution is 7.98. The van der Waals surface area contributed by atoms with E-state index in [0.717, 1.165) is 16.8 Å². The lowest BCUT2D eigenvalue weighted by Crippen LogP contribution is -2.37. The van der Waals surface area contributed by atoms with Crippen LogP contribution >= 0.6 is 11.8 Å². The number of amides is 1. The van der Waals surface area contributed by atoms with Gasteiger partial charge in [-0.25, -0.2) is 0 Å². The van der Waals surface area contributed by atoms with E-state index in [1.54, 1.807) is 4.90 Å². The molecule has 136 valence electrons. The summed E-state index contributed by atoms with van der Waals surface area (Å²) in [6, 6.07) is 17.3. The number of thioether (sulfide) groups is 1. The molecule has 1 amide bonds. The number of aromatic nitrogens is 3. The van der Waals surface area contributed by atoms with Crippen LogP contribution < -0.4 is 9.64 Å². The van der Waals surface area contributed by atoms with Gasteiger partial charge in [0.1, 0.15) is 0 Å². The Balaban J connectivity index is 1.98. The van der Waals surface area contributed by atoms with Crippen molar-refractivity contribution in [3.8, 4) is 17.1 Å². The summed E-state index contributed by atoms with van der Waals surface area (Å²) in [5.74, 6) is 0.337. The Morgan fingerprint density at radius 1 is 1.11 bits per heavy atom. The Labute approximate surface area is 161 Å². The van der Waals surface area contributed by atoms with Crippen LogP contribution in [0.15, 0.2) is 59.8 Å². The second kappa shape index (κ2) is 7.36. The minimum absolute atomic E-state index is 0.0397. The van der Waals surface area contributed by atoms with E-state index in [4.69, 9.17) is 4.74 Å². The van der Waals surface area contributed by atoms with Gasteiger partial charge in [-0.1, -0.05) is 67.2 Å². The van der Waals surface area contributed by atoms with Crippen molar-refractivity contribution in [1.29, 1.82) is 0 Å². The van der Waals surface area contributed by atoms with Crippen LogP contribution in [0.25, 0.3) is 11.3 Å². The van der Waals surface area contributed by atoms with Crippen molar-refractivity contribution in [3.05, 3.63) is 60.2 Å². The fourth-order valence-corrected chi connectivity index (χ4v) is 3.37. The van der Waals surface area contributed by atoms with E-state index in [-0.39, 0.29) is 5.91 Å². The smallest absolute Gasteiger partial charge is 0.247 e. The van der Waals surface area contributed by atoms with Crippen LogP contribution in [0, 0.1) is 0 Å². The van der Waals surface area contributed by atoms with Crippen molar-refractivity contribution in [3.63, 3.8) is 0 Å². The van der Waals surface area contributed by atoms with Gasteiger partial charge in [-0.3, -0.25) is 9.69 Å². The van der Waals surface area contributed by atoms with Crippen LogP contribution in [0.2, 0.25) is 0 Å². The molecule has 0 radical (unpaired) electrons. The van der Waals surface area contributed by atoms with Gasteiger partial charge in [-0.15, -0.1) is 10.2 Å². The quantitative estimate of drug-likeness (QED) is 0.639. The van der Waals surface area contributed by atoms with Gasteiger partial charge in [0, 0.05) is 17.5 Å². The largest absolute Gasteiger partial charge is 0.447 e. The standard InChI is InChI=1S/C20H18N4O2S/c1-3-16(25)24-15-12-8-7-11-14(15)17-18(21-20(27-2)23-22-17)26-19(24)13-9-5-4-6-10-13/h4-12,19H,3H2,1-2H3/t19-/m1/s1. The van der Waals surface area contributed by atoms with Crippen molar-refractivity contribution < 1.29 is 9.53 Å². The Kier molecular flexibility index (Phi) is 4.77. The monoisotopic (exact) mass is 378 g/mol. The van der Waals surface area contributed by atoms with Gasteiger partial charge in [0.25, 0.3) is 0 Å². The van der Waals surface area contributed by atoms with E-state index < -0.39 is 6.23 Å². The first-order chi connectivity index (χ1) is 13.2. The molecule has 1 aliphatic rings. The molecule has 2 aromatic carbocycles. The van der Waals surface area contributed by atoms with Crippen molar-refractivity contribution in [2.45, 2.75) is 24.7 Å². The van der Waals surface area contributed by atoms with Crippen LogP contribution in [0.3, 0.4) is 0 Å². The lowest BCUT2D eigenvalue weighted by Gasteiger charge is -2.30. The third-order valence-electron chi connectivity index (χ3n) is 4.35. The number of rotatable bonds is 3. The summed E-state index contributed by atoms with van der Waals surface area (Å²) in [7, 11) is 0. The molecular weight excluding hydrogens is 360 g/mol. The molecule has 1 aromatic heterocycles. The molecule has 0 spiro atoms. The Hall–Kier alpha value is -2.93. The highest BCUT2D eigenvalue weighted by Gasteiger charge is 2.35. The van der Waals surface area contributed by atoms with E-state index in [0.29, 0.717) is 23.2 Å². The summed E-state index contributed by atoms with van der Waals surface area (Å²) >= 11 is 1.39. The van der Waals surface area contributed by atoms with Crippen LogP contribution in [0.5, 0.6) is 5.88 Å². The fourth-order valence-electron chi connectivity index (χ4n) is 3.07. The molecule has 0 fully saturated rings. The summed E-state index contributed by atoms with van der Waals surface area (Å²) in [5, 5.41) is 9.02. The van der Waals surface area contributed by atoms with Crippen molar-refractivity contribution in [2.24, 2.45) is 0 Å². The van der Waals surface area contributed by atoms with Gasteiger partial charge in [-0.05, 0) is 12.3 Å². The first kappa shape index (κ1) is 17.5. The molecule has 1 aliphatic heterocycles. The third kappa shape index (κ3) is 3.14. The number of carbonyl (C=O) groups excluding carboxylic acids is 1. The van der Waals surface area contributed by atoms with Crippen molar-refractivity contribution >= 4 is 23.4 Å². The maximum absolute atomic E-state index is 12.9. The molecule has 6 nitrogen and oxygen atoms in total. The molecule has 4 rings (SSSR count). The maximum Gasteiger partial charge on any atom is 0.247 e. The number of hydrogen-bond acceptors (Lipinski definition) is 6. The van der Waals surface area contributed by atoms with Crippen LogP contribution in [-0.4, -0.2) is 27.3 Å². The summed E-state index contributed by atoms with van der Waals surface area (Å²) in [6.45, 7) is 1.84. The van der Waals surface area contributed by atoms with Gasteiger partial charge in [-0.2, -0.15) is 4.98 Å². The zero-order valence-corrected chi connectivity index (χ0v) is 15.8. The fraction of sp³-hybridized carbons (Fsp3) is 0.200. The number of ether oxygens (including phenoxy) is 1. The maximum atomic E-state index is 12.9. The molecule has 0 aliphatic carbocycles. The Morgan fingerprint density at radius 3 is 2.59 bits per heavy atom. The lowest BCUT2D eigenvalue weighted by atomic mass is 10.1. The molecule has 7 heteroatoms. The van der Waals surface area contributed by atoms with Gasteiger partial charge in [0.2, 0.25) is 23.2 Å². The first-order valence-corrected chi connectivity index (χ1v) is 9.87. The zero-order valence-electron chi connectivity index (χ0n) is 15.0. The highest BCUT2D eigenvalue weighted by atomic mass is 32.2. The molecule has 0 saturated heterocycles. The molecule has 0 unspecified atom stereocenters. The lowest BCUT2D eigenvalue weighted by molar-refractivity contribution is -0.120. The predicted octanol–water partition coefficient (Wildman–Crippen LogP) is 4.09. The molecule has 1 atom stereocenters. The number of anilines is 1. The van der Waals surface area contributed by atoms with E-state index in [9.17, 15) is 4.79 Å². The summed E-state index contributed by atoms with van der Waals surface area (Å²) in [6.07, 6.45) is 1.61. The predicted molar refractivity (Wildman–Crippen MR) is 105 cm³/mol. The number of benzene rings is 2. The van der Waals surface area contributed by atoms with Gasteiger partial charge < -0.3 is 4.74 Å². The van der Waals surface area contributed by atoms with E-state index in [1.165, 1.54) is 11.8 Å². The Morgan fingerprint density at radius 2 is 1.85 bits per heavy atom. The normalized spacial score (nSPS) is 15.3. The zero-order chi connectivity index (χ0) is 18.8. The van der Waals surface area contributed by atoms with Crippen LogP contribution in [0.4, 0.5) is 5.69 Å². The van der Waals surface area contributed by atoms with Gasteiger partial charge >= 0.3 is 0 Å². The van der Waals surface area contributed by atoms with E-state index >= 15 is 0 Å². The number of carbonyl (C=O) groups is 1. The van der Waals surface area contributed by atoms with Crippen LogP contribution in [0.1, 0.15) is 25.1 Å². The summed E-state index contributed by atoms with van der Waals surface area (Å²) in [4.78, 5) is 19.1. The molecule has 3 aromatic rings. The van der Waals surface area contributed by atoms with E-state index in [2.05, 4.69) is 15.2 Å². The van der Waals surface area contributed by atoms with Crippen molar-refractivity contribution in [1.82, 2.24) is 15.2 Å². The molecule has 2 heterocycles. The highest BCUT2D eigenvalue weighted by Crippen LogP contribution is 2.43. The molecular formula is C20H18N4O2S. The number of fused-ring (bicyclic) bond motifs is 3. The van der Waals surface area contributed by atoms with Gasteiger partial charge in [0.15, 0.2) is 5.69 Å². The minimum atomic E-state index is -0.632. The number of para-hydroxylation sites is 1. The average molecular weight is 378 g/mol. The average Bonchev–Trinajstić information content (AvgIpc) is 2.88. The molecule has 0 bridgehead atoms. The van der Waals surface area contributed by atoms with Gasteiger partial charge in [0.05, 0.1) is 5.69 Å². The molecule has 0 saturated carbocycles. The topological polar surface area (TPSA) is 68.2 Å².